The topological polar surface area (TPSA) is 29.3 Å². The van der Waals surface area contributed by atoms with Gasteiger partial charge in [0.05, 0.1) is 0 Å². The van der Waals surface area contributed by atoms with E-state index in [0.717, 1.165) is 0 Å². The second-order valence-corrected chi connectivity index (χ2v) is 6.38. The maximum Gasteiger partial charge on any atom is 0.0450 e. The van der Waals surface area contributed by atoms with Gasteiger partial charge in [-0.15, -0.1) is 0 Å². The first-order valence-corrected chi connectivity index (χ1v) is 7.60. The average Bonchev–Trinajstić information content (AvgIpc) is 2.47. The van der Waals surface area contributed by atoms with Crippen LogP contribution < -0.4 is 5.73 Å². The van der Waals surface area contributed by atoms with Crippen molar-refractivity contribution in [2.24, 2.45) is 11.1 Å². The Hall–Kier alpha value is -0.860. The third-order valence-electron chi connectivity index (χ3n) is 5.14. The van der Waals surface area contributed by atoms with Gasteiger partial charge in [0.25, 0.3) is 0 Å². The summed E-state index contributed by atoms with van der Waals surface area (Å²) in [6, 6.07) is 11.0. The molecule has 0 saturated carbocycles. The Morgan fingerprint density at radius 2 is 1.79 bits per heavy atom. The standard InChI is InChI=1S/C17H28N2/c1-4-17(3)10-12-19(13-11-17)14(2)16(18)15-8-6-5-7-9-15/h5-9,14,16H,4,10-13,18H2,1-3H3. The summed E-state index contributed by atoms with van der Waals surface area (Å²) in [6.07, 6.45) is 3.89. The van der Waals surface area contributed by atoms with E-state index in [1.807, 2.05) is 0 Å². The van der Waals surface area contributed by atoms with Crippen LogP contribution in [0.2, 0.25) is 0 Å². The summed E-state index contributed by atoms with van der Waals surface area (Å²) in [6.45, 7) is 9.38. The number of rotatable bonds is 4. The van der Waals surface area contributed by atoms with Gasteiger partial charge in [0.2, 0.25) is 0 Å². The molecule has 1 aromatic rings. The minimum Gasteiger partial charge on any atom is -0.323 e. The fourth-order valence-electron chi connectivity index (χ4n) is 3.01. The number of piperidine rings is 1. The van der Waals surface area contributed by atoms with Crippen molar-refractivity contribution >= 4 is 0 Å². The lowest BCUT2D eigenvalue weighted by atomic mass is 9.77. The van der Waals surface area contributed by atoms with E-state index in [4.69, 9.17) is 5.73 Å². The van der Waals surface area contributed by atoms with Crippen LogP contribution in [0.5, 0.6) is 0 Å². The predicted molar refractivity (Wildman–Crippen MR) is 82.0 cm³/mol. The lowest BCUT2D eigenvalue weighted by molar-refractivity contribution is 0.0770. The molecule has 2 atom stereocenters. The van der Waals surface area contributed by atoms with Crippen molar-refractivity contribution in [2.75, 3.05) is 13.1 Å². The first-order chi connectivity index (χ1) is 9.06. The number of hydrogen-bond acceptors (Lipinski definition) is 2. The van der Waals surface area contributed by atoms with Crippen LogP contribution in [0.25, 0.3) is 0 Å². The third-order valence-corrected chi connectivity index (χ3v) is 5.14. The van der Waals surface area contributed by atoms with Gasteiger partial charge in [-0.1, -0.05) is 50.6 Å². The molecule has 1 fully saturated rings. The highest BCUT2D eigenvalue weighted by atomic mass is 15.2. The van der Waals surface area contributed by atoms with Crippen LogP contribution in [-0.4, -0.2) is 24.0 Å². The summed E-state index contributed by atoms with van der Waals surface area (Å²) in [4.78, 5) is 2.56. The van der Waals surface area contributed by atoms with Gasteiger partial charge in [0.1, 0.15) is 0 Å². The SMILES string of the molecule is CCC1(C)CCN(C(C)C(N)c2ccccc2)CC1. The van der Waals surface area contributed by atoms with E-state index in [-0.39, 0.29) is 6.04 Å². The molecule has 106 valence electrons. The minimum atomic E-state index is 0.118. The number of nitrogens with two attached hydrogens (primary N) is 1. The molecule has 1 aliphatic rings. The van der Waals surface area contributed by atoms with E-state index >= 15 is 0 Å². The van der Waals surface area contributed by atoms with E-state index in [1.165, 1.54) is 37.9 Å². The van der Waals surface area contributed by atoms with Crippen LogP contribution in [0.3, 0.4) is 0 Å². The molecule has 0 spiro atoms. The van der Waals surface area contributed by atoms with Gasteiger partial charge >= 0.3 is 0 Å². The summed E-state index contributed by atoms with van der Waals surface area (Å²) >= 11 is 0. The van der Waals surface area contributed by atoms with Gasteiger partial charge in [-0.3, -0.25) is 4.90 Å². The van der Waals surface area contributed by atoms with E-state index in [0.29, 0.717) is 11.5 Å². The maximum atomic E-state index is 6.43. The number of nitrogens with zero attached hydrogens (tertiary/aromatic N) is 1. The Bertz CT molecular complexity index is 380. The third kappa shape index (κ3) is 3.37. The molecule has 0 amide bonds. The molecule has 1 aromatic carbocycles. The Morgan fingerprint density at radius 1 is 1.21 bits per heavy atom. The fraction of sp³-hybridized carbons (Fsp3) is 0.647. The van der Waals surface area contributed by atoms with E-state index in [2.05, 4.69) is 56.0 Å². The quantitative estimate of drug-likeness (QED) is 0.896. The number of likely N-dealkylation sites (tertiary alicyclic amines) is 1. The van der Waals surface area contributed by atoms with Crippen molar-refractivity contribution in [3.8, 4) is 0 Å². The zero-order valence-electron chi connectivity index (χ0n) is 12.6. The lowest BCUT2D eigenvalue weighted by Crippen LogP contribution is -2.47. The predicted octanol–water partition coefficient (Wildman–Crippen LogP) is 3.59. The largest absolute Gasteiger partial charge is 0.323 e. The Labute approximate surface area is 118 Å². The smallest absolute Gasteiger partial charge is 0.0450 e. The van der Waals surface area contributed by atoms with Crippen LogP contribution in [0, 0.1) is 5.41 Å². The Kier molecular flexibility index (Phi) is 4.64. The Balaban J connectivity index is 1.96. The first kappa shape index (κ1) is 14.5. The molecule has 2 rings (SSSR count). The second-order valence-electron chi connectivity index (χ2n) is 6.38. The molecule has 0 aromatic heterocycles. The highest BCUT2D eigenvalue weighted by Gasteiger charge is 2.31. The normalized spacial score (nSPS) is 22.9. The van der Waals surface area contributed by atoms with Crippen LogP contribution in [0.1, 0.15) is 51.6 Å². The van der Waals surface area contributed by atoms with Crippen LogP contribution in [0.4, 0.5) is 0 Å². The molecule has 19 heavy (non-hydrogen) atoms. The molecule has 1 saturated heterocycles. The van der Waals surface area contributed by atoms with Crippen molar-refractivity contribution < 1.29 is 0 Å². The van der Waals surface area contributed by atoms with Gasteiger partial charge in [0.15, 0.2) is 0 Å². The Morgan fingerprint density at radius 3 is 2.32 bits per heavy atom. The zero-order valence-corrected chi connectivity index (χ0v) is 12.6. The summed E-state index contributed by atoms with van der Waals surface area (Å²) in [5.74, 6) is 0. The van der Waals surface area contributed by atoms with Crippen LogP contribution in [-0.2, 0) is 0 Å². The molecule has 0 radical (unpaired) electrons. The molecule has 0 aliphatic carbocycles. The number of benzene rings is 1. The summed E-state index contributed by atoms with van der Waals surface area (Å²) in [7, 11) is 0. The monoisotopic (exact) mass is 260 g/mol. The minimum absolute atomic E-state index is 0.118. The zero-order chi connectivity index (χ0) is 13.9. The molecule has 2 unspecified atom stereocenters. The van der Waals surface area contributed by atoms with Crippen molar-refractivity contribution in [3.05, 3.63) is 35.9 Å². The van der Waals surface area contributed by atoms with Gasteiger partial charge in [-0.25, -0.2) is 0 Å². The van der Waals surface area contributed by atoms with E-state index in [9.17, 15) is 0 Å². The molecular formula is C17H28N2. The van der Waals surface area contributed by atoms with Crippen LogP contribution in [0.15, 0.2) is 30.3 Å². The van der Waals surface area contributed by atoms with Gasteiger partial charge in [0, 0.05) is 12.1 Å². The van der Waals surface area contributed by atoms with E-state index < -0.39 is 0 Å². The van der Waals surface area contributed by atoms with Crippen molar-refractivity contribution in [3.63, 3.8) is 0 Å². The molecule has 1 heterocycles. The molecule has 2 nitrogen and oxygen atoms in total. The molecule has 2 heteroatoms. The van der Waals surface area contributed by atoms with Gasteiger partial charge < -0.3 is 5.73 Å². The van der Waals surface area contributed by atoms with Gasteiger partial charge in [-0.2, -0.15) is 0 Å². The molecular weight excluding hydrogens is 232 g/mol. The lowest BCUT2D eigenvalue weighted by Gasteiger charge is -2.43. The van der Waals surface area contributed by atoms with Gasteiger partial charge in [-0.05, 0) is 43.8 Å². The molecule has 2 N–H and O–H groups in total. The summed E-state index contributed by atoms with van der Waals surface area (Å²) < 4.78 is 0. The molecule has 1 aliphatic heterocycles. The maximum absolute atomic E-state index is 6.43. The van der Waals surface area contributed by atoms with Crippen molar-refractivity contribution in [1.82, 2.24) is 4.90 Å². The van der Waals surface area contributed by atoms with Crippen molar-refractivity contribution in [2.45, 2.75) is 52.1 Å². The van der Waals surface area contributed by atoms with Crippen LogP contribution >= 0.6 is 0 Å². The highest BCUT2D eigenvalue weighted by Crippen LogP contribution is 2.35. The highest BCUT2D eigenvalue weighted by molar-refractivity contribution is 5.20. The van der Waals surface area contributed by atoms with E-state index in [1.54, 1.807) is 0 Å². The summed E-state index contributed by atoms with van der Waals surface area (Å²) in [5, 5.41) is 0. The first-order valence-electron chi connectivity index (χ1n) is 7.60. The number of hydrogen-bond donors (Lipinski definition) is 1. The second kappa shape index (κ2) is 6.06. The fourth-order valence-corrected chi connectivity index (χ4v) is 3.01. The average molecular weight is 260 g/mol. The summed E-state index contributed by atoms with van der Waals surface area (Å²) in [5.41, 5.74) is 8.23. The molecule has 0 bridgehead atoms. The van der Waals surface area contributed by atoms with Crippen molar-refractivity contribution in [1.29, 1.82) is 0 Å².